The first-order valence-electron chi connectivity index (χ1n) is 11.9. The zero-order chi connectivity index (χ0) is 21.4. The van der Waals surface area contributed by atoms with Gasteiger partial charge in [0.05, 0.1) is 30.4 Å². The van der Waals surface area contributed by atoms with Crippen LogP contribution in [0.15, 0.2) is 36.8 Å². The van der Waals surface area contributed by atoms with Crippen LogP contribution in [0.3, 0.4) is 0 Å². The highest BCUT2D eigenvalue weighted by molar-refractivity contribution is 5.74. The molecule has 1 saturated heterocycles. The molecule has 2 amide bonds. The summed E-state index contributed by atoms with van der Waals surface area (Å²) in [6.07, 6.45) is 10.4. The number of amides is 2. The Kier molecular flexibility index (Phi) is 5.74. The highest BCUT2D eigenvalue weighted by atomic mass is 16.3. The van der Waals surface area contributed by atoms with Crippen molar-refractivity contribution in [2.75, 3.05) is 13.1 Å². The van der Waals surface area contributed by atoms with E-state index in [1.165, 1.54) is 24.0 Å². The first-order valence-corrected chi connectivity index (χ1v) is 11.9. The second-order valence-electron chi connectivity index (χ2n) is 9.82. The van der Waals surface area contributed by atoms with Crippen molar-refractivity contribution >= 4 is 6.03 Å². The molecule has 0 bridgehead atoms. The van der Waals surface area contributed by atoms with Gasteiger partial charge in [-0.2, -0.15) is 0 Å². The van der Waals surface area contributed by atoms with Crippen molar-refractivity contribution in [3.05, 3.63) is 42.4 Å². The van der Waals surface area contributed by atoms with Crippen LogP contribution in [0.1, 0.15) is 63.5 Å². The van der Waals surface area contributed by atoms with E-state index in [4.69, 9.17) is 0 Å². The van der Waals surface area contributed by atoms with Crippen LogP contribution in [-0.4, -0.2) is 50.8 Å². The van der Waals surface area contributed by atoms with Gasteiger partial charge in [0.25, 0.3) is 0 Å². The maximum Gasteiger partial charge on any atom is 0.317 e. The predicted molar refractivity (Wildman–Crippen MR) is 121 cm³/mol. The molecule has 2 fully saturated rings. The molecule has 1 aliphatic carbocycles. The van der Waals surface area contributed by atoms with E-state index in [9.17, 15) is 9.90 Å². The smallest absolute Gasteiger partial charge is 0.317 e. The van der Waals surface area contributed by atoms with Gasteiger partial charge < -0.3 is 19.9 Å². The van der Waals surface area contributed by atoms with E-state index in [-0.39, 0.29) is 24.1 Å². The van der Waals surface area contributed by atoms with Crippen molar-refractivity contribution < 1.29 is 9.90 Å². The van der Waals surface area contributed by atoms with Gasteiger partial charge in [0.15, 0.2) is 0 Å². The predicted octanol–water partition coefficient (Wildman–Crippen LogP) is 4.20. The van der Waals surface area contributed by atoms with Crippen molar-refractivity contribution in [2.45, 2.75) is 70.1 Å². The Labute approximate surface area is 184 Å². The van der Waals surface area contributed by atoms with Crippen molar-refractivity contribution in [1.29, 1.82) is 0 Å². The summed E-state index contributed by atoms with van der Waals surface area (Å²) in [5.74, 6) is 1.02. The summed E-state index contributed by atoms with van der Waals surface area (Å²) in [7, 11) is 0. The van der Waals surface area contributed by atoms with Gasteiger partial charge in [0.1, 0.15) is 0 Å². The van der Waals surface area contributed by atoms with Gasteiger partial charge in [-0.15, -0.1) is 0 Å². The average Bonchev–Trinajstić information content (AvgIpc) is 3.38. The molecule has 1 aromatic heterocycles. The number of urea groups is 1. The molecule has 166 valence electrons. The number of hydrogen-bond acceptors (Lipinski definition) is 3. The van der Waals surface area contributed by atoms with E-state index >= 15 is 0 Å². The van der Waals surface area contributed by atoms with Crippen LogP contribution in [0.2, 0.25) is 0 Å². The number of aromatic nitrogens is 2. The van der Waals surface area contributed by atoms with Gasteiger partial charge in [-0.05, 0) is 62.3 Å². The molecule has 2 N–H and O–H groups in total. The van der Waals surface area contributed by atoms with Crippen molar-refractivity contribution in [3.8, 4) is 11.3 Å². The monoisotopic (exact) mass is 422 g/mol. The Balaban J connectivity index is 1.15. The number of fused-ring (bicyclic) bond motifs is 3. The first-order chi connectivity index (χ1) is 15.1. The van der Waals surface area contributed by atoms with Crippen molar-refractivity contribution in [2.24, 2.45) is 11.8 Å². The summed E-state index contributed by atoms with van der Waals surface area (Å²) in [6.45, 7) is 3.76. The molecule has 2 atom stereocenters. The zero-order valence-corrected chi connectivity index (χ0v) is 18.4. The minimum Gasteiger partial charge on any atom is -0.393 e. The molecule has 2 aliphatic heterocycles. The quantitative estimate of drug-likeness (QED) is 0.776. The Hall–Kier alpha value is -2.34. The Morgan fingerprint density at radius 3 is 2.68 bits per heavy atom. The second-order valence-corrected chi connectivity index (χ2v) is 9.82. The summed E-state index contributed by atoms with van der Waals surface area (Å²) in [5.41, 5.74) is 3.63. The molecular formula is C25H34N4O2. The lowest BCUT2D eigenvalue weighted by atomic mass is 9.86. The van der Waals surface area contributed by atoms with E-state index in [1.54, 1.807) is 0 Å². The Bertz CT molecular complexity index is 910. The molecule has 1 aromatic carbocycles. The lowest BCUT2D eigenvalue weighted by Gasteiger charge is -2.36. The molecule has 6 nitrogen and oxygen atoms in total. The first kappa shape index (κ1) is 20.6. The highest BCUT2D eigenvalue weighted by Gasteiger charge is 2.34. The molecule has 5 rings (SSSR count). The number of benzene rings is 1. The molecule has 3 aliphatic rings. The van der Waals surface area contributed by atoms with Gasteiger partial charge >= 0.3 is 6.03 Å². The number of carbonyl (C=O) groups excluding carboxylic acids is 1. The van der Waals surface area contributed by atoms with Crippen LogP contribution < -0.4 is 5.32 Å². The van der Waals surface area contributed by atoms with Crippen LogP contribution in [-0.2, 0) is 0 Å². The summed E-state index contributed by atoms with van der Waals surface area (Å²) in [5, 5.41) is 14.3. The number of nitrogens with zero attached hydrogens (tertiary/aromatic N) is 3. The van der Waals surface area contributed by atoms with Crippen LogP contribution in [0.5, 0.6) is 0 Å². The number of imidazole rings is 1. The molecule has 0 spiro atoms. The number of aliphatic hydroxyl groups excluding tert-OH is 1. The minimum absolute atomic E-state index is 0.0836. The number of nitrogens with one attached hydrogen (secondary N) is 1. The summed E-state index contributed by atoms with van der Waals surface area (Å²) < 4.78 is 2.20. The van der Waals surface area contributed by atoms with Gasteiger partial charge in [0.2, 0.25) is 0 Å². The molecule has 31 heavy (non-hydrogen) atoms. The van der Waals surface area contributed by atoms with E-state index in [2.05, 4.69) is 46.1 Å². The van der Waals surface area contributed by atoms with Gasteiger partial charge in [-0.1, -0.05) is 31.2 Å². The fourth-order valence-electron chi connectivity index (χ4n) is 5.75. The Morgan fingerprint density at radius 2 is 1.90 bits per heavy atom. The Morgan fingerprint density at radius 1 is 1.16 bits per heavy atom. The SMILES string of the molecule is C[C@H]1CC[C@H](NC(=O)N2CCC(C(O)CC3c4ccccc4-c4cncn43)CC2)CC1. The van der Waals surface area contributed by atoms with E-state index in [0.717, 1.165) is 50.4 Å². The third kappa shape index (κ3) is 4.10. The van der Waals surface area contributed by atoms with Crippen molar-refractivity contribution in [1.82, 2.24) is 19.8 Å². The van der Waals surface area contributed by atoms with Crippen LogP contribution in [0, 0.1) is 11.8 Å². The number of hydrogen-bond donors (Lipinski definition) is 2. The lowest BCUT2D eigenvalue weighted by molar-refractivity contribution is 0.0533. The number of carbonyl (C=O) groups is 1. The van der Waals surface area contributed by atoms with E-state index in [1.807, 2.05) is 17.4 Å². The zero-order valence-electron chi connectivity index (χ0n) is 18.4. The lowest BCUT2D eigenvalue weighted by Crippen LogP contribution is -2.49. The van der Waals surface area contributed by atoms with Gasteiger partial charge in [0, 0.05) is 24.7 Å². The third-order valence-electron chi connectivity index (χ3n) is 7.78. The number of likely N-dealkylation sites (tertiary alicyclic amines) is 1. The van der Waals surface area contributed by atoms with E-state index < -0.39 is 0 Å². The molecule has 6 heteroatoms. The maximum absolute atomic E-state index is 12.7. The van der Waals surface area contributed by atoms with Crippen LogP contribution >= 0.6 is 0 Å². The number of rotatable bonds is 4. The molecular weight excluding hydrogens is 388 g/mol. The molecule has 2 unspecified atom stereocenters. The number of aliphatic hydroxyl groups is 1. The fraction of sp³-hybridized carbons (Fsp3) is 0.600. The minimum atomic E-state index is -0.378. The summed E-state index contributed by atoms with van der Waals surface area (Å²) in [6, 6.07) is 8.99. The van der Waals surface area contributed by atoms with Gasteiger partial charge in [-0.3, -0.25) is 0 Å². The number of piperidine rings is 1. The maximum atomic E-state index is 12.7. The van der Waals surface area contributed by atoms with Crippen LogP contribution in [0.4, 0.5) is 4.79 Å². The normalized spacial score (nSPS) is 26.9. The topological polar surface area (TPSA) is 70.4 Å². The standard InChI is InChI=1S/C25H34N4O2/c1-17-6-8-19(9-7-17)27-25(31)28-12-10-18(11-13-28)24(30)14-22-20-4-2-3-5-21(20)23-15-26-16-29(22)23/h2-5,15-19,22,24,30H,6-14H2,1H3,(H,27,31)/t17-,19-,22?,24?. The third-order valence-corrected chi connectivity index (χ3v) is 7.78. The molecule has 1 saturated carbocycles. The fourth-order valence-corrected chi connectivity index (χ4v) is 5.75. The second kappa shape index (κ2) is 8.65. The largest absolute Gasteiger partial charge is 0.393 e. The average molecular weight is 423 g/mol. The van der Waals surface area contributed by atoms with Crippen molar-refractivity contribution in [3.63, 3.8) is 0 Å². The molecule has 2 aromatic rings. The molecule has 3 heterocycles. The summed E-state index contributed by atoms with van der Waals surface area (Å²) in [4.78, 5) is 19.0. The van der Waals surface area contributed by atoms with Gasteiger partial charge in [-0.25, -0.2) is 9.78 Å². The van der Waals surface area contributed by atoms with Crippen LogP contribution in [0.25, 0.3) is 11.3 Å². The highest BCUT2D eigenvalue weighted by Crippen LogP contribution is 2.42. The molecule has 0 radical (unpaired) electrons. The summed E-state index contributed by atoms with van der Waals surface area (Å²) >= 11 is 0. The van der Waals surface area contributed by atoms with E-state index in [0.29, 0.717) is 12.5 Å².